The molecule has 0 fully saturated rings. The smallest absolute Gasteiger partial charge is 0.255 e. The van der Waals surface area contributed by atoms with Crippen LogP contribution in [0.5, 0.6) is 11.5 Å². The fourth-order valence-corrected chi connectivity index (χ4v) is 2.61. The van der Waals surface area contributed by atoms with Crippen molar-refractivity contribution in [1.29, 1.82) is 0 Å². The van der Waals surface area contributed by atoms with E-state index in [1.807, 2.05) is 54.6 Å². The maximum atomic E-state index is 12.5. The molecule has 1 amide bonds. The molecule has 0 aromatic heterocycles. The Hall–Kier alpha value is -3.73. The van der Waals surface area contributed by atoms with Gasteiger partial charge >= 0.3 is 0 Å². The van der Waals surface area contributed by atoms with Crippen molar-refractivity contribution in [2.75, 3.05) is 24.4 Å². The zero-order valence-electron chi connectivity index (χ0n) is 15.6. The Morgan fingerprint density at radius 2 is 1.61 bits per heavy atom. The summed E-state index contributed by atoms with van der Waals surface area (Å²) in [4.78, 5) is 12.5. The van der Waals surface area contributed by atoms with Crippen LogP contribution in [0.1, 0.15) is 10.4 Å². The maximum Gasteiger partial charge on any atom is 0.255 e. The van der Waals surface area contributed by atoms with E-state index in [2.05, 4.69) is 17.2 Å². The van der Waals surface area contributed by atoms with Crippen LogP contribution < -0.4 is 20.1 Å². The first-order valence-corrected chi connectivity index (χ1v) is 8.85. The molecule has 3 aromatic carbocycles. The monoisotopic (exact) mass is 374 g/mol. The third-order valence-electron chi connectivity index (χ3n) is 3.99. The number of methoxy groups -OCH3 is 1. The number of anilines is 3. The second-order valence-electron chi connectivity index (χ2n) is 5.99. The molecule has 2 N–H and O–H groups in total. The Morgan fingerprint density at radius 1 is 0.929 bits per heavy atom. The van der Waals surface area contributed by atoms with Crippen molar-refractivity contribution in [3.05, 3.63) is 91.0 Å². The molecule has 3 rings (SSSR count). The van der Waals surface area contributed by atoms with Gasteiger partial charge in [0.05, 0.1) is 7.11 Å². The van der Waals surface area contributed by atoms with Crippen LogP contribution in [0.15, 0.2) is 85.5 Å². The molecule has 0 bridgehead atoms. The highest BCUT2D eigenvalue weighted by atomic mass is 16.5. The van der Waals surface area contributed by atoms with E-state index in [1.54, 1.807) is 24.3 Å². The third-order valence-corrected chi connectivity index (χ3v) is 3.99. The summed E-state index contributed by atoms with van der Waals surface area (Å²) >= 11 is 0. The van der Waals surface area contributed by atoms with E-state index in [-0.39, 0.29) is 5.91 Å². The molecule has 28 heavy (non-hydrogen) atoms. The highest BCUT2D eigenvalue weighted by Crippen LogP contribution is 2.28. The second kappa shape index (κ2) is 9.28. The number of amides is 1. The van der Waals surface area contributed by atoms with Gasteiger partial charge in [-0.15, -0.1) is 0 Å². The Balaban J connectivity index is 1.66. The van der Waals surface area contributed by atoms with E-state index < -0.39 is 0 Å². The van der Waals surface area contributed by atoms with E-state index in [9.17, 15) is 4.79 Å². The lowest BCUT2D eigenvalue weighted by Crippen LogP contribution is -2.12. The minimum atomic E-state index is -0.225. The lowest BCUT2D eigenvalue weighted by Gasteiger charge is -2.12. The van der Waals surface area contributed by atoms with Gasteiger partial charge in [-0.25, -0.2) is 0 Å². The van der Waals surface area contributed by atoms with Crippen LogP contribution in [0.4, 0.5) is 17.1 Å². The molecule has 142 valence electrons. The summed E-state index contributed by atoms with van der Waals surface area (Å²) in [5.74, 6) is 0.838. The van der Waals surface area contributed by atoms with Gasteiger partial charge in [-0.05, 0) is 54.6 Å². The number of hydrogen-bond acceptors (Lipinski definition) is 4. The number of carbonyl (C=O) groups excluding carboxylic acids is 1. The molecule has 0 atom stereocenters. The van der Waals surface area contributed by atoms with Gasteiger partial charge in [0.2, 0.25) is 0 Å². The first-order valence-electron chi connectivity index (χ1n) is 8.85. The van der Waals surface area contributed by atoms with E-state index in [0.29, 0.717) is 29.4 Å². The van der Waals surface area contributed by atoms with Crippen LogP contribution in [-0.4, -0.2) is 19.6 Å². The summed E-state index contributed by atoms with van der Waals surface area (Å²) < 4.78 is 10.8. The highest BCUT2D eigenvalue weighted by molar-refractivity contribution is 6.04. The summed E-state index contributed by atoms with van der Waals surface area (Å²) in [6.07, 6.45) is 1.65. The van der Waals surface area contributed by atoms with Gasteiger partial charge in [0.1, 0.15) is 6.61 Å². The summed E-state index contributed by atoms with van der Waals surface area (Å²) in [5.41, 5.74) is 3.13. The normalized spacial score (nSPS) is 10.0. The molecule has 0 saturated heterocycles. The predicted octanol–water partition coefficient (Wildman–Crippen LogP) is 5.26. The minimum Gasteiger partial charge on any atom is -0.493 e. The average molecular weight is 374 g/mol. The molecule has 0 saturated carbocycles. The van der Waals surface area contributed by atoms with Crippen molar-refractivity contribution in [1.82, 2.24) is 0 Å². The number of rotatable bonds is 8. The first-order chi connectivity index (χ1) is 13.7. The standard InChI is InChI=1S/C23H22N2O3/c1-3-15-28-21-14-9-17(16-22(21)27-2)23(26)25-20-12-10-19(11-13-20)24-18-7-5-4-6-8-18/h3-14,16,24H,1,15H2,2H3,(H,25,26). The Labute approximate surface area is 164 Å². The van der Waals surface area contributed by atoms with Gasteiger partial charge in [-0.1, -0.05) is 30.9 Å². The lowest BCUT2D eigenvalue weighted by molar-refractivity contribution is 0.102. The molecule has 0 aliphatic carbocycles. The molecular weight excluding hydrogens is 352 g/mol. The van der Waals surface area contributed by atoms with Crippen molar-refractivity contribution < 1.29 is 14.3 Å². The summed E-state index contributed by atoms with van der Waals surface area (Å²) in [7, 11) is 1.54. The van der Waals surface area contributed by atoms with Crippen LogP contribution in [0.25, 0.3) is 0 Å². The molecule has 0 aliphatic rings. The number of para-hydroxylation sites is 1. The molecule has 0 spiro atoms. The molecule has 0 heterocycles. The Kier molecular flexibility index (Phi) is 6.31. The summed E-state index contributed by atoms with van der Waals surface area (Å²) in [6, 6.07) is 22.5. The maximum absolute atomic E-state index is 12.5. The van der Waals surface area contributed by atoms with Crippen molar-refractivity contribution in [2.45, 2.75) is 0 Å². The second-order valence-corrected chi connectivity index (χ2v) is 5.99. The minimum absolute atomic E-state index is 0.225. The summed E-state index contributed by atoms with van der Waals surface area (Å²) in [6.45, 7) is 3.99. The number of hydrogen-bond donors (Lipinski definition) is 2. The van der Waals surface area contributed by atoms with Crippen LogP contribution in [0.2, 0.25) is 0 Å². The zero-order valence-corrected chi connectivity index (χ0v) is 15.6. The predicted molar refractivity (Wildman–Crippen MR) is 113 cm³/mol. The first kappa shape index (κ1) is 19.0. The van der Waals surface area contributed by atoms with Gasteiger partial charge in [0, 0.05) is 22.6 Å². The van der Waals surface area contributed by atoms with Crippen molar-refractivity contribution in [2.24, 2.45) is 0 Å². The molecular formula is C23H22N2O3. The molecule has 5 heteroatoms. The average Bonchev–Trinajstić information content (AvgIpc) is 2.74. The Bertz CT molecular complexity index is 938. The van der Waals surface area contributed by atoms with Gasteiger partial charge < -0.3 is 20.1 Å². The number of nitrogens with one attached hydrogen (secondary N) is 2. The van der Waals surface area contributed by atoms with Gasteiger partial charge in [0.25, 0.3) is 5.91 Å². The Morgan fingerprint density at radius 3 is 2.29 bits per heavy atom. The topological polar surface area (TPSA) is 59.6 Å². The largest absolute Gasteiger partial charge is 0.493 e. The van der Waals surface area contributed by atoms with Crippen molar-refractivity contribution >= 4 is 23.0 Å². The van der Waals surface area contributed by atoms with E-state index in [4.69, 9.17) is 9.47 Å². The number of benzene rings is 3. The fourth-order valence-electron chi connectivity index (χ4n) is 2.61. The molecule has 0 aliphatic heterocycles. The van der Waals surface area contributed by atoms with E-state index >= 15 is 0 Å². The number of ether oxygens (including phenoxy) is 2. The van der Waals surface area contributed by atoms with Gasteiger partial charge in [-0.3, -0.25) is 4.79 Å². The SMILES string of the molecule is C=CCOc1ccc(C(=O)Nc2ccc(Nc3ccccc3)cc2)cc1OC. The lowest BCUT2D eigenvalue weighted by atomic mass is 10.1. The quantitative estimate of drug-likeness (QED) is 0.528. The third kappa shape index (κ3) is 4.92. The van der Waals surface area contributed by atoms with Gasteiger partial charge in [-0.2, -0.15) is 0 Å². The molecule has 0 unspecified atom stereocenters. The van der Waals surface area contributed by atoms with Crippen LogP contribution in [-0.2, 0) is 0 Å². The van der Waals surface area contributed by atoms with E-state index in [1.165, 1.54) is 7.11 Å². The molecule has 3 aromatic rings. The van der Waals surface area contributed by atoms with E-state index in [0.717, 1.165) is 11.4 Å². The summed E-state index contributed by atoms with van der Waals surface area (Å²) in [5, 5.41) is 6.19. The fraction of sp³-hybridized carbons (Fsp3) is 0.0870. The molecule has 0 radical (unpaired) electrons. The van der Waals surface area contributed by atoms with Crippen LogP contribution >= 0.6 is 0 Å². The van der Waals surface area contributed by atoms with Gasteiger partial charge in [0.15, 0.2) is 11.5 Å². The molecule has 5 nitrogen and oxygen atoms in total. The van der Waals surface area contributed by atoms with Crippen LogP contribution in [0, 0.1) is 0 Å². The van der Waals surface area contributed by atoms with Crippen molar-refractivity contribution in [3.8, 4) is 11.5 Å². The highest BCUT2D eigenvalue weighted by Gasteiger charge is 2.11. The van der Waals surface area contributed by atoms with Crippen molar-refractivity contribution in [3.63, 3.8) is 0 Å². The zero-order chi connectivity index (χ0) is 19.8. The number of carbonyl (C=O) groups is 1. The van der Waals surface area contributed by atoms with Crippen LogP contribution in [0.3, 0.4) is 0 Å².